The minimum Gasteiger partial charge on any atom is -0.507 e. The molecule has 1 N–H and O–H groups in total. The lowest BCUT2D eigenvalue weighted by atomic mass is 10.1. The van der Waals surface area contributed by atoms with E-state index in [1.807, 2.05) is 0 Å². The molecule has 6 heteroatoms. The van der Waals surface area contributed by atoms with E-state index in [9.17, 15) is 18.3 Å². The van der Waals surface area contributed by atoms with Crippen molar-refractivity contribution in [2.45, 2.75) is 6.92 Å². The smallest absolute Gasteiger partial charge is 0.306 e. The van der Waals surface area contributed by atoms with Crippen LogP contribution in [-0.4, -0.2) is 26.1 Å². The van der Waals surface area contributed by atoms with E-state index in [2.05, 4.69) is 4.18 Å². The van der Waals surface area contributed by atoms with Crippen molar-refractivity contribution in [3.63, 3.8) is 0 Å². The minimum absolute atomic E-state index is 0.0242. The van der Waals surface area contributed by atoms with Gasteiger partial charge in [0.1, 0.15) is 11.5 Å². The van der Waals surface area contributed by atoms with Crippen LogP contribution in [0.2, 0.25) is 0 Å². The topological polar surface area (TPSA) is 80.7 Å². The number of benzene rings is 1. The van der Waals surface area contributed by atoms with Crippen molar-refractivity contribution in [3.05, 3.63) is 23.3 Å². The molecule has 0 aliphatic heterocycles. The highest BCUT2D eigenvalue weighted by molar-refractivity contribution is 7.86. The van der Waals surface area contributed by atoms with E-state index < -0.39 is 10.1 Å². The molecule has 1 aromatic rings. The molecule has 0 fully saturated rings. The van der Waals surface area contributed by atoms with Gasteiger partial charge < -0.3 is 9.29 Å². The first kappa shape index (κ1) is 11.5. The maximum atomic E-state index is 10.9. The average Bonchev–Trinajstić information content (AvgIpc) is 2.09. The summed E-state index contributed by atoms with van der Waals surface area (Å²) < 4.78 is 26.4. The van der Waals surface area contributed by atoms with Gasteiger partial charge in [0, 0.05) is 5.56 Å². The third-order valence-corrected chi connectivity index (χ3v) is 2.28. The molecule has 0 aliphatic rings. The number of hydrogen-bond donors (Lipinski definition) is 1. The van der Waals surface area contributed by atoms with Gasteiger partial charge >= 0.3 is 10.1 Å². The van der Waals surface area contributed by atoms with Crippen molar-refractivity contribution < 1.29 is 22.5 Å². The lowest BCUT2D eigenvalue weighted by Crippen LogP contribution is -2.07. The van der Waals surface area contributed by atoms with Gasteiger partial charge in [-0.2, -0.15) is 8.42 Å². The Labute approximate surface area is 87.4 Å². The number of phenols is 1. The summed E-state index contributed by atoms with van der Waals surface area (Å²) in [5.41, 5.74) is 0.312. The third kappa shape index (κ3) is 2.69. The Morgan fingerprint density at radius 2 is 2.00 bits per heavy atom. The number of carbonyl (C=O) groups excluding carboxylic acids is 1. The number of carbonyl (C=O) groups is 1. The fourth-order valence-electron chi connectivity index (χ4n) is 1.10. The number of hydrogen-bond acceptors (Lipinski definition) is 5. The summed E-state index contributed by atoms with van der Waals surface area (Å²) in [5, 5.41) is 9.28. The molecule has 0 atom stereocenters. The van der Waals surface area contributed by atoms with E-state index in [-0.39, 0.29) is 22.6 Å². The molecular formula is C9H10O5S. The first-order valence-corrected chi connectivity index (χ1v) is 5.84. The monoisotopic (exact) mass is 230 g/mol. The lowest BCUT2D eigenvalue weighted by molar-refractivity contribution is 0.112. The Hall–Kier alpha value is -1.56. The molecule has 0 radical (unpaired) electrons. The van der Waals surface area contributed by atoms with Crippen LogP contribution in [0.1, 0.15) is 15.9 Å². The highest BCUT2D eigenvalue weighted by atomic mass is 32.2. The van der Waals surface area contributed by atoms with Crippen LogP contribution in [0.25, 0.3) is 0 Å². The van der Waals surface area contributed by atoms with E-state index in [4.69, 9.17) is 0 Å². The second-order valence-electron chi connectivity index (χ2n) is 3.03. The molecule has 0 aromatic heterocycles. The minimum atomic E-state index is -3.64. The normalized spacial score (nSPS) is 11.1. The second kappa shape index (κ2) is 3.90. The summed E-state index contributed by atoms with van der Waals surface area (Å²) in [5.74, 6) is -0.166. The van der Waals surface area contributed by atoms with Crippen molar-refractivity contribution >= 4 is 16.4 Å². The van der Waals surface area contributed by atoms with Gasteiger partial charge in [-0.3, -0.25) is 4.79 Å². The Balaban J connectivity index is 3.28. The Morgan fingerprint density at radius 1 is 1.40 bits per heavy atom. The van der Waals surface area contributed by atoms with Crippen LogP contribution < -0.4 is 4.18 Å². The van der Waals surface area contributed by atoms with Gasteiger partial charge in [-0.05, 0) is 19.1 Å². The number of rotatable bonds is 3. The first-order chi connectivity index (χ1) is 6.85. The van der Waals surface area contributed by atoms with Crippen molar-refractivity contribution in [1.29, 1.82) is 0 Å². The molecular weight excluding hydrogens is 220 g/mol. The molecule has 1 aromatic carbocycles. The SMILES string of the molecule is Cc1c(OS(C)(=O)=O)ccc(O)c1C=O. The molecule has 82 valence electrons. The van der Waals surface area contributed by atoms with E-state index in [0.717, 1.165) is 6.26 Å². The highest BCUT2D eigenvalue weighted by Crippen LogP contribution is 2.28. The molecule has 1 rings (SSSR count). The molecule has 0 saturated carbocycles. The van der Waals surface area contributed by atoms with Crippen molar-refractivity contribution in [2.24, 2.45) is 0 Å². The highest BCUT2D eigenvalue weighted by Gasteiger charge is 2.13. The maximum absolute atomic E-state index is 10.9. The van der Waals surface area contributed by atoms with Gasteiger partial charge in [-0.25, -0.2) is 0 Å². The van der Waals surface area contributed by atoms with Gasteiger partial charge in [-0.15, -0.1) is 0 Å². The van der Waals surface area contributed by atoms with Gasteiger partial charge in [0.05, 0.1) is 11.8 Å². The van der Waals surface area contributed by atoms with Crippen LogP contribution in [-0.2, 0) is 10.1 Å². The number of aromatic hydroxyl groups is 1. The molecule has 0 aliphatic carbocycles. The van der Waals surface area contributed by atoms with Crippen LogP contribution in [0.4, 0.5) is 0 Å². The van der Waals surface area contributed by atoms with Crippen LogP contribution >= 0.6 is 0 Å². The van der Waals surface area contributed by atoms with Gasteiger partial charge in [0.2, 0.25) is 0 Å². The van der Waals surface area contributed by atoms with Crippen molar-refractivity contribution in [1.82, 2.24) is 0 Å². The van der Waals surface area contributed by atoms with Gasteiger partial charge in [-0.1, -0.05) is 0 Å². The van der Waals surface area contributed by atoms with Crippen LogP contribution in [0, 0.1) is 6.92 Å². The Morgan fingerprint density at radius 3 is 2.47 bits per heavy atom. The van der Waals surface area contributed by atoms with Crippen LogP contribution in [0.15, 0.2) is 12.1 Å². The number of aldehydes is 1. The summed E-state index contributed by atoms with van der Waals surface area (Å²) in [7, 11) is -3.64. The molecule has 5 nitrogen and oxygen atoms in total. The summed E-state index contributed by atoms with van der Waals surface area (Å²) in [6.45, 7) is 1.49. The van der Waals surface area contributed by atoms with E-state index in [1.165, 1.54) is 19.1 Å². The number of phenolic OH excluding ortho intramolecular Hbond substituents is 1. The lowest BCUT2D eigenvalue weighted by Gasteiger charge is -2.08. The molecule has 0 bridgehead atoms. The summed E-state index contributed by atoms with van der Waals surface area (Å²) >= 11 is 0. The molecule has 0 unspecified atom stereocenters. The maximum Gasteiger partial charge on any atom is 0.306 e. The molecule has 0 amide bonds. The first-order valence-electron chi connectivity index (χ1n) is 4.02. The zero-order chi connectivity index (χ0) is 11.6. The molecule has 15 heavy (non-hydrogen) atoms. The average molecular weight is 230 g/mol. The molecule has 0 spiro atoms. The van der Waals surface area contributed by atoms with E-state index >= 15 is 0 Å². The van der Waals surface area contributed by atoms with Gasteiger partial charge in [0.25, 0.3) is 0 Å². The summed E-state index contributed by atoms with van der Waals surface area (Å²) in [6, 6.07) is 2.50. The standard InChI is InChI=1S/C9H10O5S/c1-6-7(5-10)8(11)3-4-9(6)14-15(2,12)13/h3-5,11H,1-2H3. The fourth-order valence-corrected chi connectivity index (χ4v) is 1.60. The predicted molar refractivity (Wildman–Crippen MR) is 53.7 cm³/mol. The third-order valence-electron chi connectivity index (χ3n) is 1.80. The summed E-state index contributed by atoms with van der Waals surface area (Å²) in [6.07, 6.45) is 1.35. The zero-order valence-electron chi connectivity index (χ0n) is 8.22. The van der Waals surface area contributed by atoms with E-state index in [1.54, 1.807) is 0 Å². The predicted octanol–water partition coefficient (Wildman–Crippen LogP) is 0.852. The van der Waals surface area contributed by atoms with Crippen LogP contribution in [0.3, 0.4) is 0 Å². The summed E-state index contributed by atoms with van der Waals surface area (Å²) in [4.78, 5) is 10.6. The van der Waals surface area contributed by atoms with E-state index in [0.29, 0.717) is 6.29 Å². The second-order valence-corrected chi connectivity index (χ2v) is 4.60. The molecule has 0 heterocycles. The molecule has 0 saturated heterocycles. The Kier molecular flexibility index (Phi) is 2.99. The van der Waals surface area contributed by atoms with Crippen LogP contribution in [0.5, 0.6) is 11.5 Å². The fraction of sp³-hybridized carbons (Fsp3) is 0.222. The largest absolute Gasteiger partial charge is 0.507 e. The zero-order valence-corrected chi connectivity index (χ0v) is 9.04. The quantitative estimate of drug-likeness (QED) is 0.615. The van der Waals surface area contributed by atoms with Crippen molar-refractivity contribution in [2.75, 3.05) is 6.26 Å². The van der Waals surface area contributed by atoms with Crippen molar-refractivity contribution in [3.8, 4) is 11.5 Å². The van der Waals surface area contributed by atoms with Gasteiger partial charge in [0.15, 0.2) is 6.29 Å². The Bertz CT molecular complexity index is 489.